The number of hydrogen-bond acceptors (Lipinski definition) is 5. The molecule has 1 N–H and O–H groups in total. The molecule has 0 atom stereocenters. The Balaban J connectivity index is 2.51. The standard InChI is InChI=1S/C13H15BrN4O2S/c1-3-16-13-12(7-10(14)8-17-13)21(19,20)18(2)11-5-4-6-15-9-11/h4-9H,3H2,1-2H3,(H,16,17). The maximum atomic E-state index is 12.8. The molecule has 2 heterocycles. The Morgan fingerprint density at radius 1 is 1.38 bits per heavy atom. The molecular weight excluding hydrogens is 356 g/mol. The van der Waals surface area contributed by atoms with Gasteiger partial charge in [-0.25, -0.2) is 13.4 Å². The van der Waals surface area contributed by atoms with Gasteiger partial charge in [-0.1, -0.05) is 0 Å². The Bertz CT molecular complexity index is 722. The normalized spacial score (nSPS) is 11.2. The topological polar surface area (TPSA) is 75.2 Å². The predicted octanol–water partition coefficient (Wildman–Crippen LogP) is 2.50. The van der Waals surface area contributed by atoms with E-state index in [0.717, 1.165) is 0 Å². The van der Waals surface area contributed by atoms with E-state index in [-0.39, 0.29) is 4.90 Å². The summed E-state index contributed by atoms with van der Waals surface area (Å²) in [5.74, 6) is 0.330. The average Bonchev–Trinajstić information content (AvgIpc) is 2.49. The molecule has 0 aromatic carbocycles. The highest BCUT2D eigenvalue weighted by atomic mass is 79.9. The summed E-state index contributed by atoms with van der Waals surface area (Å²) in [6.07, 6.45) is 4.64. The lowest BCUT2D eigenvalue weighted by Gasteiger charge is -2.20. The summed E-state index contributed by atoms with van der Waals surface area (Å²) in [5, 5.41) is 2.96. The van der Waals surface area contributed by atoms with Gasteiger partial charge in [0.2, 0.25) is 0 Å². The third-order valence-electron chi connectivity index (χ3n) is 2.81. The summed E-state index contributed by atoms with van der Waals surface area (Å²) in [6, 6.07) is 4.90. The molecule has 0 saturated carbocycles. The van der Waals surface area contributed by atoms with Crippen LogP contribution in [0.3, 0.4) is 0 Å². The van der Waals surface area contributed by atoms with Crippen molar-refractivity contribution in [1.29, 1.82) is 0 Å². The SMILES string of the molecule is CCNc1ncc(Br)cc1S(=O)(=O)N(C)c1cccnc1. The van der Waals surface area contributed by atoms with Gasteiger partial charge in [0.05, 0.1) is 11.9 Å². The molecule has 2 rings (SSSR count). The molecule has 6 nitrogen and oxygen atoms in total. The molecule has 112 valence electrons. The Labute approximate surface area is 132 Å². The fraction of sp³-hybridized carbons (Fsp3) is 0.231. The smallest absolute Gasteiger partial charge is 0.267 e. The molecule has 0 unspecified atom stereocenters. The summed E-state index contributed by atoms with van der Waals surface area (Å²) in [6.45, 7) is 2.46. The fourth-order valence-corrected chi connectivity index (χ4v) is 3.55. The van der Waals surface area contributed by atoms with Crippen LogP contribution >= 0.6 is 15.9 Å². The van der Waals surface area contributed by atoms with Crippen molar-refractivity contribution in [3.63, 3.8) is 0 Å². The Morgan fingerprint density at radius 2 is 2.14 bits per heavy atom. The Hall–Kier alpha value is -1.67. The van der Waals surface area contributed by atoms with Crippen molar-refractivity contribution < 1.29 is 8.42 Å². The molecule has 0 aliphatic rings. The van der Waals surface area contributed by atoms with E-state index in [2.05, 4.69) is 31.2 Å². The van der Waals surface area contributed by atoms with Crippen LogP contribution in [0.5, 0.6) is 0 Å². The third-order valence-corrected chi connectivity index (χ3v) is 5.04. The van der Waals surface area contributed by atoms with E-state index in [4.69, 9.17) is 0 Å². The highest BCUT2D eigenvalue weighted by molar-refractivity contribution is 9.10. The van der Waals surface area contributed by atoms with Gasteiger partial charge in [0.25, 0.3) is 10.0 Å². The summed E-state index contributed by atoms with van der Waals surface area (Å²) >= 11 is 3.26. The lowest BCUT2D eigenvalue weighted by atomic mass is 10.4. The van der Waals surface area contributed by atoms with Gasteiger partial charge in [0.15, 0.2) is 0 Å². The second-order valence-electron chi connectivity index (χ2n) is 4.21. The molecule has 0 amide bonds. The number of pyridine rings is 2. The number of rotatable bonds is 5. The molecule has 0 aliphatic carbocycles. The number of halogens is 1. The maximum absolute atomic E-state index is 12.8. The molecule has 0 fully saturated rings. The molecule has 8 heteroatoms. The van der Waals surface area contributed by atoms with Crippen molar-refractivity contribution in [3.05, 3.63) is 41.3 Å². The van der Waals surface area contributed by atoms with Crippen molar-refractivity contribution in [3.8, 4) is 0 Å². The molecule has 21 heavy (non-hydrogen) atoms. The monoisotopic (exact) mass is 370 g/mol. The van der Waals surface area contributed by atoms with Gasteiger partial charge in [0.1, 0.15) is 10.7 Å². The first-order valence-corrected chi connectivity index (χ1v) is 8.48. The van der Waals surface area contributed by atoms with E-state index < -0.39 is 10.0 Å². The van der Waals surface area contributed by atoms with Gasteiger partial charge in [-0.05, 0) is 41.1 Å². The highest BCUT2D eigenvalue weighted by Crippen LogP contribution is 2.27. The van der Waals surface area contributed by atoms with Crippen LogP contribution in [-0.2, 0) is 10.0 Å². The minimum atomic E-state index is -3.73. The summed E-state index contributed by atoms with van der Waals surface area (Å²) < 4.78 is 27.3. The van der Waals surface area contributed by atoms with Crippen molar-refractivity contribution in [2.45, 2.75) is 11.8 Å². The first-order valence-electron chi connectivity index (χ1n) is 6.25. The first-order chi connectivity index (χ1) is 9.96. The molecular formula is C13H15BrN4O2S. The van der Waals surface area contributed by atoms with E-state index in [1.54, 1.807) is 24.5 Å². The van der Waals surface area contributed by atoms with Crippen LogP contribution in [0.1, 0.15) is 6.92 Å². The molecule has 2 aromatic heterocycles. The Morgan fingerprint density at radius 3 is 2.76 bits per heavy atom. The molecule has 0 bridgehead atoms. The molecule has 0 spiro atoms. The van der Waals surface area contributed by atoms with Crippen LogP contribution in [0.25, 0.3) is 0 Å². The lowest BCUT2D eigenvalue weighted by Crippen LogP contribution is -2.27. The molecule has 0 saturated heterocycles. The minimum Gasteiger partial charge on any atom is -0.369 e. The fourth-order valence-electron chi connectivity index (χ4n) is 1.74. The van der Waals surface area contributed by atoms with Gasteiger partial charge in [-0.2, -0.15) is 0 Å². The quantitative estimate of drug-likeness (QED) is 0.874. The van der Waals surface area contributed by atoms with Crippen LogP contribution < -0.4 is 9.62 Å². The van der Waals surface area contributed by atoms with Crippen LogP contribution in [0, 0.1) is 0 Å². The van der Waals surface area contributed by atoms with Gasteiger partial charge >= 0.3 is 0 Å². The maximum Gasteiger partial charge on any atom is 0.267 e. The minimum absolute atomic E-state index is 0.116. The van der Waals surface area contributed by atoms with Gasteiger partial charge in [0, 0.05) is 30.5 Å². The van der Waals surface area contributed by atoms with Crippen LogP contribution in [-0.4, -0.2) is 32.0 Å². The number of sulfonamides is 1. The van der Waals surface area contributed by atoms with Crippen molar-refractivity contribution in [2.75, 3.05) is 23.2 Å². The van der Waals surface area contributed by atoms with Crippen LogP contribution in [0.4, 0.5) is 11.5 Å². The molecule has 0 radical (unpaired) electrons. The zero-order chi connectivity index (χ0) is 15.5. The number of aromatic nitrogens is 2. The number of nitrogens with zero attached hydrogens (tertiary/aromatic N) is 3. The van der Waals surface area contributed by atoms with E-state index >= 15 is 0 Å². The Kier molecular flexibility index (Phi) is 4.79. The number of hydrogen-bond donors (Lipinski definition) is 1. The predicted molar refractivity (Wildman–Crippen MR) is 85.9 cm³/mol. The van der Waals surface area contributed by atoms with E-state index in [1.165, 1.54) is 23.6 Å². The zero-order valence-corrected chi connectivity index (χ0v) is 14.0. The van der Waals surface area contributed by atoms with Crippen LogP contribution in [0.2, 0.25) is 0 Å². The molecule has 2 aromatic rings. The third kappa shape index (κ3) is 3.33. The largest absolute Gasteiger partial charge is 0.369 e. The van der Waals surface area contributed by atoms with E-state index in [1.807, 2.05) is 6.92 Å². The van der Waals surface area contributed by atoms with Gasteiger partial charge in [-0.3, -0.25) is 9.29 Å². The summed E-state index contributed by atoms with van der Waals surface area (Å²) in [4.78, 5) is 8.19. The summed E-state index contributed by atoms with van der Waals surface area (Å²) in [5.41, 5.74) is 0.486. The van der Waals surface area contributed by atoms with E-state index in [0.29, 0.717) is 22.5 Å². The second kappa shape index (κ2) is 6.40. The van der Waals surface area contributed by atoms with E-state index in [9.17, 15) is 8.42 Å². The van der Waals surface area contributed by atoms with Crippen LogP contribution in [0.15, 0.2) is 46.2 Å². The van der Waals surface area contributed by atoms with Crippen molar-refractivity contribution in [1.82, 2.24) is 9.97 Å². The number of nitrogens with one attached hydrogen (secondary N) is 1. The second-order valence-corrected chi connectivity index (χ2v) is 7.07. The summed E-state index contributed by atoms with van der Waals surface area (Å²) in [7, 11) is -2.24. The average molecular weight is 371 g/mol. The lowest BCUT2D eigenvalue weighted by molar-refractivity contribution is 0.594. The van der Waals surface area contributed by atoms with Crippen molar-refractivity contribution >= 4 is 37.5 Å². The van der Waals surface area contributed by atoms with Gasteiger partial charge in [-0.15, -0.1) is 0 Å². The first kappa shape index (κ1) is 15.7. The highest BCUT2D eigenvalue weighted by Gasteiger charge is 2.25. The number of anilines is 2. The zero-order valence-electron chi connectivity index (χ0n) is 11.6. The molecule has 0 aliphatic heterocycles. The van der Waals surface area contributed by atoms with Crippen molar-refractivity contribution in [2.24, 2.45) is 0 Å². The van der Waals surface area contributed by atoms with Gasteiger partial charge < -0.3 is 5.32 Å².